The van der Waals surface area contributed by atoms with Crippen LogP contribution in [0.5, 0.6) is 0 Å². The standard InChI is InChI=1S/C31H21N.C25H17N.C19H14.3C2H6/c1-2-9-25(10-3-1)32-30-13-7-6-12-27(30)29-20-22(16-17-31(29)32)21-14-15-24-18-23-8-4-5-11-26(23)28(24)19-21;1-2-8-20-17(7-1)15-18-13-14-19(16-23(18)20)26-24-11-5-3-9-21(24)22-10-4-6-12-25(22)26;1-2-6-14(7-3-1)15-10-11-17-12-16-8-4-5-9-18(16)19(17)13-15;3*1-2/h1-17,19-20H,18H2;1-14,16H,15H2;1-11,13H,12H2;3*1-2H3. The van der Waals surface area contributed by atoms with E-state index in [1.165, 1.54) is 144 Å². The molecular formula is C81H70N2. The molecule has 0 spiro atoms. The van der Waals surface area contributed by atoms with Crippen LogP contribution < -0.4 is 0 Å². The second-order valence-corrected chi connectivity index (χ2v) is 20.7. The maximum Gasteiger partial charge on any atom is 0.0541 e. The maximum atomic E-state index is 2.39. The molecule has 17 rings (SSSR count). The molecule has 3 aliphatic rings. The van der Waals surface area contributed by atoms with Crippen LogP contribution >= 0.6 is 0 Å². The van der Waals surface area contributed by atoms with Gasteiger partial charge in [-0.2, -0.15) is 0 Å². The minimum absolute atomic E-state index is 1.04. The van der Waals surface area contributed by atoms with E-state index in [1.807, 2.05) is 41.5 Å². The second-order valence-electron chi connectivity index (χ2n) is 20.7. The molecule has 0 aliphatic heterocycles. The molecule has 0 unspecified atom stereocenters. The van der Waals surface area contributed by atoms with Crippen LogP contribution in [0.15, 0.2) is 279 Å². The Bertz CT molecular complexity index is 4540. The summed E-state index contributed by atoms with van der Waals surface area (Å²) in [5.74, 6) is 0. The van der Waals surface area contributed by atoms with Crippen LogP contribution in [-0.4, -0.2) is 9.13 Å². The molecule has 0 N–H and O–H groups in total. The van der Waals surface area contributed by atoms with Crippen molar-refractivity contribution in [2.75, 3.05) is 0 Å². The molecule has 0 saturated carbocycles. The Hall–Kier alpha value is -9.76. The highest BCUT2D eigenvalue weighted by molar-refractivity contribution is 6.11. The van der Waals surface area contributed by atoms with E-state index in [1.54, 1.807) is 0 Å². The van der Waals surface area contributed by atoms with Gasteiger partial charge in [-0.25, -0.2) is 0 Å². The predicted molar refractivity (Wildman–Crippen MR) is 358 cm³/mol. The molecule has 0 atom stereocenters. The first-order chi connectivity index (χ1) is 41.2. The molecule has 14 aromatic rings. The number of hydrogen-bond donors (Lipinski definition) is 0. The molecule has 0 fully saturated rings. The minimum atomic E-state index is 1.04. The van der Waals surface area contributed by atoms with Crippen molar-refractivity contribution in [3.63, 3.8) is 0 Å². The molecule has 2 nitrogen and oxygen atoms in total. The quantitative estimate of drug-likeness (QED) is 0.166. The molecule has 404 valence electrons. The van der Waals surface area contributed by atoms with Gasteiger partial charge in [-0.1, -0.05) is 254 Å². The number of hydrogen-bond acceptors (Lipinski definition) is 0. The van der Waals surface area contributed by atoms with Gasteiger partial charge >= 0.3 is 0 Å². The average Bonchev–Trinajstić information content (AvgIpc) is 4.57. The van der Waals surface area contributed by atoms with Crippen molar-refractivity contribution in [3.8, 4) is 67.0 Å². The second kappa shape index (κ2) is 24.1. The lowest BCUT2D eigenvalue weighted by molar-refractivity contribution is 1.17. The van der Waals surface area contributed by atoms with Crippen LogP contribution in [0.2, 0.25) is 0 Å². The number of para-hydroxylation sites is 4. The highest BCUT2D eigenvalue weighted by Gasteiger charge is 2.22. The molecule has 12 aromatic carbocycles. The van der Waals surface area contributed by atoms with Crippen LogP contribution in [0.3, 0.4) is 0 Å². The molecule has 83 heavy (non-hydrogen) atoms. The summed E-state index contributed by atoms with van der Waals surface area (Å²) in [6.45, 7) is 12.0. The fourth-order valence-electron chi connectivity index (χ4n) is 12.7. The van der Waals surface area contributed by atoms with Gasteiger partial charge in [-0.15, -0.1) is 0 Å². The van der Waals surface area contributed by atoms with Gasteiger partial charge in [0.2, 0.25) is 0 Å². The molecule has 2 heteroatoms. The Morgan fingerprint density at radius 1 is 0.205 bits per heavy atom. The van der Waals surface area contributed by atoms with Crippen molar-refractivity contribution in [1.29, 1.82) is 0 Å². The van der Waals surface area contributed by atoms with Gasteiger partial charge in [0.1, 0.15) is 0 Å². The van der Waals surface area contributed by atoms with E-state index < -0.39 is 0 Å². The molecule has 2 heterocycles. The zero-order valence-electron chi connectivity index (χ0n) is 48.6. The summed E-state index contributed by atoms with van der Waals surface area (Å²) in [7, 11) is 0. The van der Waals surface area contributed by atoms with E-state index in [0.717, 1.165) is 19.3 Å². The molecule has 0 bridgehead atoms. The Kier molecular flexibility index (Phi) is 15.7. The highest BCUT2D eigenvalue weighted by atomic mass is 15.0. The number of rotatable bonds is 4. The molecule has 3 aliphatic carbocycles. The first-order valence-electron chi connectivity index (χ1n) is 30.0. The molecule has 0 amide bonds. The van der Waals surface area contributed by atoms with Crippen LogP contribution in [0.25, 0.3) is 111 Å². The molecule has 2 aromatic heterocycles. The Labute approximate surface area is 490 Å². The van der Waals surface area contributed by atoms with Crippen LogP contribution in [0, 0.1) is 0 Å². The van der Waals surface area contributed by atoms with Gasteiger partial charge in [-0.05, 0) is 175 Å². The van der Waals surface area contributed by atoms with Gasteiger partial charge in [0.05, 0.1) is 22.1 Å². The lowest BCUT2D eigenvalue weighted by atomic mass is 9.97. The summed E-state index contributed by atoms with van der Waals surface area (Å²) in [6.07, 6.45) is 3.15. The number of aromatic nitrogens is 2. The third-order valence-electron chi connectivity index (χ3n) is 16.3. The van der Waals surface area contributed by atoms with Gasteiger partial charge in [-0.3, -0.25) is 0 Å². The van der Waals surface area contributed by atoms with E-state index in [0.29, 0.717) is 0 Å². The molecule has 0 saturated heterocycles. The zero-order valence-corrected chi connectivity index (χ0v) is 48.6. The van der Waals surface area contributed by atoms with Gasteiger partial charge in [0.25, 0.3) is 0 Å². The Balaban J connectivity index is 0.000000121. The molecular weight excluding hydrogens is 1000 g/mol. The van der Waals surface area contributed by atoms with E-state index in [9.17, 15) is 0 Å². The van der Waals surface area contributed by atoms with Crippen molar-refractivity contribution >= 4 is 43.6 Å². The van der Waals surface area contributed by atoms with E-state index in [2.05, 4.69) is 288 Å². The van der Waals surface area contributed by atoms with Crippen molar-refractivity contribution in [3.05, 3.63) is 312 Å². The van der Waals surface area contributed by atoms with Crippen molar-refractivity contribution in [2.45, 2.75) is 60.8 Å². The first kappa shape index (κ1) is 53.9. The number of fused-ring (bicyclic) bond motifs is 15. The summed E-state index contributed by atoms with van der Waals surface area (Å²) in [4.78, 5) is 0. The fraction of sp³-hybridized carbons (Fsp3) is 0.111. The van der Waals surface area contributed by atoms with E-state index >= 15 is 0 Å². The average molecular weight is 1070 g/mol. The van der Waals surface area contributed by atoms with Crippen LogP contribution in [0.1, 0.15) is 74.9 Å². The van der Waals surface area contributed by atoms with Gasteiger partial charge in [0.15, 0.2) is 0 Å². The summed E-state index contributed by atoms with van der Waals surface area (Å²) >= 11 is 0. The minimum Gasteiger partial charge on any atom is -0.309 e. The van der Waals surface area contributed by atoms with Gasteiger partial charge < -0.3 is 9.13 Å². The normalized spacial score (nSPS) is 11.6. The third kappa shape index (κ3) is 10.1. The largest absolute Gasteiger partial charge is 0.309 e. The monoisotopic (exact) mass is 1070 g/mol. The fourth-order valence-corrected chi connectivity index (χ4v) is 12.7. The number of benzene rings is 12. The summed E-state index contributed by atoms with van der Waals surface area (Å²) in [6, 6.07) is 101. The number of nitrogens with zero attached hydrogens (tertiary/aromatic N) is 2. The smallest absolute Gasteiger partial charge is 0.0541 e. The van der Waals surface area contributed by atoms with E-state index in [4.69, 9.17) is 0 Å². The highest BCUT2D eigenvalue weighted by Crippen LogP contribution is 2.43. The summed E-state index contributed by atoms with van der Waals surface area (Å²) < 4.78 is 4.76. The Morgan fingerprint density at radius 2 is 0.530 bits per heavy atom. The van der Waals surface area contributed by atoms with E-state index in [-0.39, 0.29) is 0 Å². The SMILES string of the molecule is CC.CC.CC.c1ccc(-c2ccc3c(c2)-c2ccccc2C3)cc1.c1ccc(-n2c3ccccc3c3cc(-c4ccc5c(c4)-c4ccccc4C5)ccc32)cc1.c1ccc2c(c1)Cc1ccc(-n3c4ccccc4c4ccccc43)cc1-2. The first-order valence-corrected chi connectivity index (χ1v) is 30.0. The zero-order chi connectivity index (χ0) is 56.8. The lowest BCUT2D eigenvalue weighted by Gasteiger charge is -2.10. The van der Waals surface area contributed by atoms with Crippen molar-refractivity contribution in [1.82, 2.24) is 9.13 Å². The lowest BCUT2D eigenvalue weighted by Crippen LogP contribution is -1.94. The van der Waals surface area contributed by atoms with Crippen molar-refractivity contribution in [2.24, 2.45) is 0 Å². The van der Waals surface area contributed by atoms with Crippen LogP contribution in [0.4, 0.5) is 0 Å². The van der Waals surface area contributed by atoms with Crippen LogP contribution in [-0.2, 0) is 19.3 Å². The van der Waals surface area contributed by atoms with Crippen molar-refractivity contribution < 1.29 is 0 Å². The molecule has 0 radical (unpaired) electrons. The topological polar surface area (TPSA) is 9.86 Å². The summed E-state index contributed by atoms with van der Waals surface area (Å²) in [5, 5.41) is 5.20. The predicted octanol–water partition coefficient (Wildman–Crippen LogP) is 22.4. The third-order valence-corrected chi connectivity index (χ3v) is 16.3. The van der Waals surface area contributed by atoms with Gasteiger partial charge in [0, 0.05) is 32.9 Å². The summed E-state index contributed by atoms with van der Waals surface area (Å²) in [5.41, 5.74) is 29.5. The Morgan fingerprint density at radius 3 is 1.02 bits per heavy atom. The maximum absolute atomic E-state index is 2.39.